The first-order valence-corrected chi connectivity index (χ1v) is 6.12. The fourth-order valence-corrected chi connectivity index (χ4v) is 1.70. The molecule has 0 fully saturated rings. The van der Waals surface area contributed by atoms with Crippen molar-refractivity contribution in [3.8, 4) is 5.75 Å². The first kappa shape index (κ1) is 13.6. The molecule has 0 aromatic heterocycles. The van der Waals surface area contributed by atoms with Gasteiger partial charge in [0.25, 0.3) is 0 Å². The summed E-state index contributed by atoms with van der Waals surface area (Å²) >= 11 is 5.60. The average molecular weight is 279 g/mol. The molecule has 0 aliphatic heterocycles. The van der Waals surface area contributed by atoms with Crippen molar-refractivity contribution in [1.29, 1.82) is 0 Å². The lowest BCUT2D eigenvalue weighted by Gasteiger charge is -2.07. The number of ketones is 1. The summed E-state index contributed by atoms with van der Waals surface area (Å²) in [5, 5.41) is 0.0922. The fraction of sp³-hybridized carbons (Fsp3) is 0.133. The van der Waals surface area contributed by atoms with Gasteiger partial charge in [-0.2, -0.15) is 0 Å². The Morgan fingerprint density at radius 1 is 1.21 bits per heavy atom. The van der Waals surface area contributed by atoms with E-state index in [0.29, 0.717) is 16.9 Å². The number of rotatable bonds is 4. The molecule has 0 atom stereocenters. The number of carbonyl (C=O) groups excluding carboxylic acids is 1. The van der Waals surface area contributed by atoms with Crippen LogP contribution in [0, 0.1) is 5.82 Å². The number of benzene rings is 2. The van der Waals surface area contributed by atoms with Gasteiger partial charge in [-0.25, -0.2) is 4.39 Å². The van der Waals surface area contributed by atoms with E-state index in [1.54, 1.807) is 30.3 Å². The molecule has 4 heteroatoms. The second-order valence-electron chi connectivity index (χ2n) is 4.12. The van der Waals surface area contributed by atoms with Gasteiger partial charge in [0.05, 0.1) is 5.02 Å². The Hall–Kier alpha value is -1.87. The third-order valence-electron chi connectivity index (χ3n) is 2.65. The Kier molecular flexibility index (Phi) is 4.17. The predicted octanol–water partition coefficient (Wildman–Crippen LogP) is 4.26. The summed E-state index contributed by atoms with van der Waals surface area (Å²) in [6, 6.07) is 11.3. The van der Waals surface area contributed by atoms with Crippen LogP contribution in [0.3, 0.4) is 0 Å². The largest absolute Gasteiger partial charge is 0.489 e. The van der Waals surface area contributed by atoms with Crippen LogP contribution in [0.4, 0.5) is 4.39 Å². The minimum atomic E-state index is -0.463. The van der Waals surface area contributed by atoms with Crippen molar-refractivity contribution in [2.75, 3.05) is 0 Å². The lowest BCUT2D eigenvalue weighted by atomic mass is 10.1. The van der Waals surface area contributed by atoms with Crippen LogP contribution >= 0.6 is 11.6 Å². The number of halogens is 2. The van der Waals surface area contributed by atoms with Gasteiger partial charge in [0.2, 0.25) is 0 Å². The van der Waals surface area contributed by atoms with Crippen LogP contribution in [0.25, 0.3) is 0 Å². The van der Waals surface area contributed by atoms with E-state index < -0.39 is 5.82 Å². The van der Waals surface area contributed by atoms with E-state index in [1.807, 2.05) is 0 Å². The van der Waals surface area contributed by atoms with Crippen molar-refractivity contribution in [3.63, 3.8) is 0 Å². The maximum Gasteiger partial charge on any atom is 0.159 e. The van der Waals surface area contributed by atoms with Crippen molar-refractivity contribution in [2.45, 2.75) is 13.5 Å². The first-order chi connectivity index (χ1) is 9.06. The molecule has 0 unspecified atom stereocenters. The zero-order valence-corrected chi connectivity index (χ0v) is 11.1. The van der Waals surface area contributed by atoms with Gasteiger partial charge < -0.3 is 4.74 Å². The van der Waals surface area contributed by atoms with Crippen LogP contribution in [0.15, 0.2) is 42.5 Å². The lowest BCUT2D eigenvalue weighted by molar-refractivity contribution is 0.101. The van der Waals surface area contributed by atoms with E-state index in [0.717, 1.165) is 0 Å². The van der Waals surface area contributed by atoms with E-state index in [-0.39, 0.29) is 17.4 Å². The Labute approximate surface area is 115 Å². The monoisotopic (exact) mass is 278 g/mol. The zero-order valence-electron chi connectivity index (χ0n) is 10.3. The molecular formula is C15H12ClFO2. The van der Waals surface area contributed by atoms with Crippen LogP contribution in [-0.4, -0.2) is 5.78 Å². The first-order valence-electron chi connectivity index (χ1n) is 5.74. The number of carbonyl (C=O) groups is 1. The van der Waals surface area contributed by atoms with Gasteiger partial charge in [0.1, 0.15) is 18.2 Å². The second kappa shape index (κ2) is 5.85. The summed E-state index contributed by atoms with van der Waals surface area (Å²) in [5.41, 5.74) is 1.32. The molecule has 0 bridgehead atoms. The van der Waals surface area contributed by atoms with Crippen molar-refractivity contribution in [2.24, 2.45) is 0 Å². The Bertz CT molecular complexity index is 594. The van der Waals surface area contributed by atoms with Crippen LogP contribution in [0.2, 0.25) is 5.02 Å². The Morgan fingerprint density at radius 2 is 1.89 bits per heavy atom. The standard InChI is InChI=1S/C15H12ClFO2/c1-10(18)12-3-5-13(6-4-12)19-9-11-2-7-14(16)15(17)8-11/h2-8H,9H2,1H3. The molecule has 0 saturated carbocycles. The summed E-state index contributed by atoms with van der Waals surface area (Å²) in [4.78, 5) is 11.1. The molecule has 2 nitrogen and oxygen atoms in total. The smallest absolute Gasteiger partial charge is 0.159 e. The second-order valence-corrected chi connectivity index (χ2v) is 4.52. The summed E-state index contributed by atoms with van der Waals surface area (Å²) < 4.78 is 18.7. The minimum absolute atomic E-state index is 0.00585. The quantitative estimate of drug-likeness (QED) is 0.781. The molecule has 0 N–H and O–H groups in total. The normalized spacial score (nSPS) is 10.3. The SMILES string of the molecule is CC(=O)c1ccc(OCc2ccc(Cl)c(F)c2)cc1. The fourth-order valence-electron chi connectivity index (χ4n) is 1.58. The van der Waals surface area contributed by atoms with Gasteiger partial charge in [-0.05, 0) is 48.9 Å². The van der Waals surface area contributed by atoms with Gasteiger partial charge >= 0.3 is 0 Å². The Balaban J connectivity index is 2.01. The molecule has 0 aliphatic carbocycles. The number of hydrogen-bond donors (Lipinski definition) is 0. The molecule has 0 saturated heterocycles. The number of Topliss-reactive ketones (excluding diaryl/α,β-unsaturated/α-hetero) is 1. The van der Waals surface area contributed by atoms with Crippen LogP contribution in [-0.2, 0) is 6.61 Å². The van der Waals surface area contributed by atoms with Crippen molar-refractivity contribution in [1.82, 2.24) is 0 Å². The molecule has 2 aromatic carbocycles. The number of hydrogen-bond acceptors (Lipinski definition) is 2. The molecular weight excluding hydrogens is 267 g/mol. The maximum atomic E-state index is 13.2. The molecule has 98 valence electrons. The summed E-state index contributed by atoms with van der Waals surface area (Å²) in [6.45, 7) is 1.75. The summed E-state index contributed by atoms with van der Waals surface area (Å²) in [5.74, 6) is 0.168. The lowest BCUT2D eigenvalue weighted by Crippen LogP contribution is -1.97. The molecule has 2 aromatic rings. The van der Waals surface area contributed by atoms with Crippen LogP contribution in [0.1, 0.15) is 22.8 Å². The highest BCUT2D eigenvalue weighted by Crippen LogP contribution is 2.18. The Morgan fingerprint density at radius 3 is 2.47 bits per heavy atom. The van der Waals surface area contributed by atoms with Crippen molar-refractivity contribution < 1.29 is 13.9 Å². The molecule has 0 heterocycles. The third kappa shape index (κ3) is 3.55. The van der Waals surface area contributed by atoms with E-state index >= 15 is 0 Å². The summed E-state index contributed by atoms with van der Waals surface area (Å²) in [6.07, 6.45) is 0. The van der Waals surface area contributed by atoms with Gasteiger partial charge in [-0.1, -0.05) is 17.7 Å². The highest BCUT2D eigenvalue weighted by Gasteiger charge is 2.03. The molecule has 2 rings (SSSR count). The predicted molar refractivity (Wildman–Crippen MR) is 72.2 cm³/mol. The van der Waals surface area contributed by atoms with Crippen molar-refractivity contribution in [3.05, 3.63) is 64.4 Å². The van der Waals surface area contributed by atoms with Crippen LogP contribution < -0.4 is 4.74 Å². The van der Waals surface area contributed by atoms with Gasteiger partial charge in [-0.3, -0.25) is 4.79 Å². The van der Waals surface area contributed by atoms with E-state index in [2.05, 4.69) is 0 Å². The third-order valence-corrected chi connectivity index (χ3v) is 2.96. The minimum Gasteiger partial charge on any atom is -0.489 e. The highest BCUT2D eigenvalue weighted by atomic mass is 35.5. The van der Waals surface area contributed by atoms with Gasteiger partial charge in [0.15, 0.2) is 5.78 Å². The average Bonchev–Trinajstić information content (AvgIpc) is 2.40. The zero-order chi connectivity index (χ0) is 13.8. The maximum absolute atomic E-state index is 13.2. The van der Waals surface area contributed by atoms with Crippen LogP contribution in [0.5, 0.6) is 5.75 Å². The number of ether oxygens (including phenoxy) is 1. The molecule has 0 radical (unpaired) electrons. The van der Waals surface area contributed by atoms with E-state index in [9.17, 15) is 9.18 Å². The van der Waals surface area contributed by atoms with E-state index in [4.69, 9.17) is 16.3 Å². The molecule has 19 heavy (non-hydrogen) atoms. The molecule has 0 spiro atoms. The molecule has 0 aliphatic rings. The molecule has 0 amide bonds. The summed E-state index contributed by atoms with van der Waals surface area (Å²) in [7, 11) is 0. The van der Waals surface area contributed by atoms with Gasteiger partial charge in [0, 0.05) is 5.56 Å². The van der Waals surface area contributed by atoms with E-state index in [1.165, 1.54) is 19.1 Å². The van der Waals surface area contributed by atoms with Crippen molar-refractivity contribution >= 4 is 17.4 Å². The highest BCUT2D eigenvalue weighted by molar-refractivity contribution is 6.30. The van der Waals surface area contributed by atoms with Gasteiger partial charge in [-0.15, -0.1) is 0 Å². The topological polar surface area (TPSA) is 26.3 Å².